The highest BCUT2D eigenvalue weighted by Gasteiger charge is 2.23. The van der Waals surface area contributed by atoms with Gasteiger partial charge in [-0.3, -0.25) is 4.79 Å². The monoisotopic (exact) mass is 323 g/mol. The first-order valence-electron chi connectivity index (χ1n) is 7.21. The SMILES string of the molecule is O=C(Cc1csc2ccc(Cl)cc12)N1CCCC(CO)C1. The average molecular weight is 324 g/mol. The predicted octanol–water partition coefficient (Wildman–Crippen LogP) is 3.33. The van der Waals surface area contributed by atoms with Crippen LogP contribution in [0.2, 0.25) is 5.02 Å². The van der Waals surface area contributed by atoms with E-state index in [0.717, 1.165) is 35.0 Å². The highest BCUT2D eigenvalue weighted by molar-refractivity contribution is 7.17. The Bertz CT molecular complexity index is 655. The molecule has 1 fully saturated rings. The summed E-state index contributed by atoms with van der Waals surface area (Å²) in [6.07, 6.45) is 2.41. The van der Waals surface area contributed by atoms with Crippen molar-refractivity contribution in [3.05, 3.63) is 34.2 Å². The maximum absolute atomic E-state index is 12.5. The van der Waals surface area contributed by atoms with Crippen LogP contribution in [-0.4, -0.2) is 35.6 Å². The highest BCUT2D eigenvalue weighted by Crippen LogP contribution is 2.29. The summed E-state index contributed by atoms with van der Waals surface area (Å²) in [7, 11) is 0. The van der Waals surface area contributed by atoms with Crippen LogP contribution in [0.5, 0.6) is 0 Å². The van der Waals surface area contributed by atoms with Crippen LogP contribution in [-0.2, 0) is 11.2 Å². The second-order valence-corrected chi connectivity index (χ2v) is 6.96. The maximum Gasteiger partial charge on any atom is 0.227 e. The Balaban J connectivity index is 1.75. The van der Waals surface area contributed by atoms with Crippen molar-refractivity contribution in [2.45, 2.75) is 19.3 Å². The molecule has 3 rings (SSSR count). The average Bonchev–Trinajstić information content (AvgIpc) is 2.89. The number of benzene rings is 1. The van der Waals surface area contributed by atoms with Crippen molar-refractivity contribution in [3.8, 4) is 0 Å². The molecule has 0 radical (unpaired) electrons. The van der Waals surface area contributed by atoms with Crippen molar-refractivity contribution in [2.75, 3.05) is 19.7 Å². The maximum atomic E-state index is 12.5. The number of rotatable bonds is 3. The van der Waals surface area contributed by atoms with Gasteiger partial charge in [0, 0.05) is 29.4 Å². The van der Waals surface area contributed by atoms with Crippen molar-refractivity contribution < 1.29 is 9.90 Å². The van der Waals surface area contributed by atoms with E-state index in [1.54, 1.807) is 11.3 Å². The highest BCUT2D eigenvalue weighted by atomic mass is 35.5. The van der Waals surface area contributed by atoms with Gasteiger partial charge in [-0.15, -0.1) is 11.3 Å². The van der Waals surface area contributed by atoms with Gasteiger partial charge in [-0.2, -0.15) is 0 Å². The Labute approximate surface area is 133 Å². The molecule has 1 aromatic carbocycles. The van der Waals surface area contributed by atoms with E-state index in [9.17, 15) is 9.90 Å². The quantitative estimate of drug-likeness (QED) is 0.941. The van der Waals surface area contributed by atoms with Crippen LogP contribution in [0.3, 0.4) is 0 Å². The van der Waals surface area contributed by atoms with Gasteiger partial charge in [-0.25, -0.2) is 0 Å². The van der Waals surface area contributed by atoms with Gasteiger partial charge in [-0.05, 0) is 53.3 Å². The summed E-state index contributed by atoms with van der Waals surface area (Å²) < 4.78 is 1.16. The van der Waals surface area contributed by atoms with Gasteiger partial charge in [-0.1, -0.05) is 11.6 Å². The van der Waals surface area contributed by atoms with Gasteiger partial charge in [0.15, 0.2) is 0 Å². The molecule has 1 saturated heterocycles. The molecule has 2 heterocycles. The third-order valence-corrected chi connectivity index (χ3v) is 5.33. The van der Waals surface area contributed by atoms with E-state index in [4.69, 9.17) is 11.6 Å². The minimum Gasteiger partial charge on any atom is -0.396 e. The summed E-state index contributed by atoms with van der Waals surface area (Å²) >= 11 is 7.70. The minimum absolute atomic E-state index is 0.146. The summed E-state index contributed by atoms with van der Waals surface area (Å²) in [5.41, 5.74) is 1.05. The molecule has 0 aliphatic carbocycles. The fourth-order valence-electron chi connectivity index (χ4n) is 2.91. The van der Waals surface area contributed by atoms with E-state index in [1.807, 2.05) is 28.5 Å². The lowest BCUT2D eigenvalue weighted by Gasteiger charge is -2.31. The largest absolute Gasteiger partial charge is 0.396 e. The number of amides is 1. The van der Waals surface area contributed by atoms with Gasteiger partial charge >= 0.3 is 0 Å². The number of carbonyl (C=O) groups is 1. The van der Waals surface area contributed by atoms with Gasteiger partial charge in [0.05, 0.1) is 6.42 Å². The number of likely N-dealkylation sites (tertiary alicyclic amines) is 1. The zero-order valence-corrected chi connectivity index (χ0v) is 13.3. The summed E-state index contributed by atoms with van der Waals surface area (Å²) in [4.78, 5) is 14.4. The third-order valence-electron chi connectivity index (χ3n) is 4.09. The van der Waals surface area contributed by atoms with E-state index in [1.165, 1.54) is 0 Å². The lowest BCUT2D eigenvalue weighted by Crippen LogP contribution is -2.41. The third kappa shape index (κ3) is 3.23. The van der Waals surface area contributed by atoms with Crippen LogP contribution in [0.1, 0.15) is 18.4 Å². The van der Waals surface area contributed by atoms with Crippen LogP contribution in [0.25, 0.3) is 10.1 Å². The molecule has 1 unspecified atom stereocenters. The Hall–Kier alpha value is -1.10. The fraction of sp³-hybridized carbons (Fsp3) is 0.438. The first-order valence-corrected chi connectivity index (χ1v) is 8.47. The zero-order valence-electron chi connectivity index (χ0n) is 11.7. The van der Waals surface area contributed by atoms with Crippen LogP contribution < -0.4 is 0 Å². The van der Waals surface area contributed by atoms with Crippen molar-refractivity contribution in [2.24, 2.45) is 5.92 Å². The molecule has 21 heavy (non-hydrogen) atoms. The molecule has 0 bridgehead atoms. The standard InChI is InChI=1S/C16H18ClNO2S/c17-13-3-4-15-14(7-13)12(10-21-15)6-16(20)18-5-1-2-11(8-18)9-19/h3-4,7,10-11,19H,1-2,5-6,8-9H2. The van der Waals surface area contributed by atoms with Crippen molar-refractivity contribution in [1.29, 1.82) is 0 Å². The van der Waals surface area contributed by atoms with Gasteiger partial charge in [0.1, 0.15) is 0 Å². The van der Waals surface area contributed by atoms with Gasteiger partial charge in [0.2, 0.25) is 5.91 Å². The molecule has 3 nitrogen and oxygen atoms in total. The number of hydrogen-bond acceptors (Lipinski definition) is 3. The molecule has 1 aromatic heterocycles. The Morgan fingerprint density at radius 1 is 1.48 bits per heavy atom. The topological polar surface area (TPSA) is 40.5 Å². The molecular weight excluding hydrogens is 306 g/mol. The number of fused-ring (bicyclic) bond motifs is 1. The summed E-state index contributed by atoms with van der Waals surface area (Å²) in [6.45, 7) is 1.65. The number of carbonyl (C=O) groups excluding carboxylic acids is 1. The molecule has 1 aliphatic rings. The number of nitrogens with zero attached hydrogens (tertiary/aromatic N) is 1. The van der Waals surface area contributed by atoms with Crippen LogP contribution in [0.15, 0.2) is 23.6 Å². The molecule has 0 saturated carbocycles. The van der Waals surface area contributed by atoms with Crippen molar-refractivity contribution >= 4 is 38.9 Å². The van der Waals surface area contributed by atoms with E-state index in [2.05, 4.69) is 0 Å². The Morgan fingerprint density at radius 2 is 2.33 bits per heavy atom. The van der Waals surface area contributed by atoms with Crippen LogP contribution in [0.4, 0.5) is 0 Å². The second kappa shape index (κ2) is 6.34. The van der Waals surface area contributed by atoms with E-state index in [-0.39, 0.29) is 18.4 Å². The van der Waals surface area contributed by atoms with E-state index >= 15 is 0 Å². The fourth-order valence-corrected chi connectivity index (χ4v) is 4.02. The number of aliphatic hydroxyl groups is 1. The molecule has 0 spiro atoms. The van der Waals surface area contributed by atoms with Crippen molar-refractivity contribution in [3.63, 3.8) is 0 Å². The Morgan fingerprint density at radius 3 is 3.14 bits per heavy atom. The number of halogens is 1. The number of thiophene rings is 1. The molecule has 1 N–H and O–H groups in total. The van der Waals surface area contributed by atoms with Gasteiger partial charge < -0.3 is 10.0 Å². The van der Waals surface area contributed by atoms with E-state index in [0.29, 0.717) is 18.0 Å². The van der Waals surface area contributed by atoms with Crippen molar-refractivity contribution in [1.82, 2.24) is 4.90 Å². The van der Waals surface area contributed by atoms with E-state index < -0.39 is 0 Å². The van der Waals surface area contributed by atoms with Gasteiger partial charge in [0.25, 0.3) is 0 Å². The molecule has 1 aliphatic heterocycles. The summed E-state index contributed by atoms with van der Waals surface area (Å²) in [5, 5.41) is 13.1. The first-order chi connectivity index (χ1) is 10.2. The minimum atomic E-state index is 0.146. The lowest BCUT2D eigenvalue weighted by molar-refractivity contribution is -0.132. The molecule has 1 atom stereocenters. The summed E-state index contributed by atoms with van der Waals surface area (Å²) in [5.74, 6) is 0.379. The van der Waals surface area contributed by atoms with Crippen LogP contribution >= 0.6 is 22.9 Å². The first kappa shape index (κ1) is 14.8. The normalized spacial score (nSPS) is 19.1. The smallest absolute Gasteiger partial charge is 0.227 e. The summed E-state index contributed by atoms with van der Waals surface area (Å²) in [6, 6.07) is 5.81. The molecule has 2 aromatic rings. The number of aliphatic hydroxyl groups excluding tert-OH is 1. The van der Waals surface area contributed by atoms with Crippen LogP contribution in [0, 0.1) is 5.92 Å². The number of hydrogen-bond donors (Lipinski definition) is 1. The lowest BCUT2D eigenvalue weighted by atomic mass is 9.98. The number of piperidine rings is 1. The molecule has 112 valence electrons. The molecule has 5 heteroatoms. The second-order valence-electron chi connectivity index (χ2n) is 5.61. The molecule has 1 amide bonds. The predicted molar refractivity (Wildman–Crippen MR) is 86.9 cm³/mol. The Kier molecular flexibility index (Phi) is 4.48. The molecular formula is C16H18ClNO2S. The zero-order chi connectivity index (χ0) is 14.8.